The number of halogens is 1. The molecule has 0 aliphatic heterocycles. The minimum absolute atomic E-state index is 0.624. The minimum Gasteiger partial charge on any atom is -0.495 e. The van der Waals surface area contributed by atoms with Gasteiger partial charge >= 0.3 is 0 Å². The highest BCUT2D eigenvalue weighted by Crippen LogP contribution is 2.33. The number of benzene rings is 2. The number of aryl methyl sites for hydroxylation is 1. The predicted octanol–water partition coefficient (Wildman–Crippen LogP) is 3.91. The van der Waals surface area contributed by atoms with Gasteiger partial charge in [0.2, 0.25) is 0 Å². The van der Waals surface area contributed by atoms with Gasteiger partial charge in [-0.2, -0.15) is 0 Å². The Bertz CT molecular complexity index is 511. The van der Waals surface area contributed by atoms with E-state index in [4.69, 9.17) is 22.1 Å². The predicted molar refractivity (Wildman–Crippen MR) is 72.6 cm³/mol. The third kappa shape index (κ3) is 2.37. The monoisotopic (exact) mass is 247 g/mol. The first-order valence-corrected chi connectivity index (χ1v) is 5.69. The fourth-order valence-corrected chi connectivity index (χ4v) is 2.18. The maximum Gasteiger partial charge on any atom is 0.140 e. The molecule has 0 bridgehead atoms. The molecule has 2 aromatic rings. The van der Waals surface area contributed by atoms with E-state index in [1.165, 1.54) is 0 Å². The van der Waals surface area contributed by atoms with Crippen LogP contribution in [0.3, 0.4) is 0 Å². The van der Waals surface area contributed by atoms with Crippen LogP contribution in [-0.4, -0.2) is 7.11 Å². The van der Waals surface area contributed by atoms with E-state index in [1.807, 2.05) is 37.3 Å². The van der Waals surface area contributed by atoms with E-state index in [0.717, 1.165) is 28.1 Å². The van der Waals surface area contributed by atoms with Gasteiger partial charge in [0.25, 0.3) is 0 Å². The number of nitrogens with two attached hydrogens (primary N) is 1. The highest BCUT2D eigenvalue weighted by molar-refractivity contribution is 6.32. The third-order valence-corrected chi connectivity index (χ3v) is 2.96. The molecule has 3 heteroatoms. The molecule has 0 heterocycles. The molecule has 2 aromatic carbocycles. The summed E-state index contributed by atoms with van der Waals surface area (Å²) >= 11 is 6.17. The van der Waals surface area contributed by atoms with Crippen molar-refractivity contribution in [3.63, 3.8) is 0 Å². The van der Waals surface area contributed by atoms with Gasteiger partial charge in [-0.05, 0) is 47.9 Å². The number of rotatable bonds is 2. The summed E-state index contributed by atoms with van der Waals surface area (Å²) in [5, 5.41) is 0.624. The Morgan fingerprint density at radius 1 is 1.06 bits per heavy atom. The number of nitrogen functional groups attached to an aromatic ring is 1. The van der Waals surface area contributed by atoms with Gasteiger partial charge in [0.15, 0.2) is 0 Å². The minimum atomic E-state index is 0.624. The van der Waals surface area contributed by atoms with Crippen LogP contribution in [0.1, 0.15) is 5.56 Å². The molecule has 0 unspecified atom stereocenters. The zero-order valence-corrected chi connectivity index (χ0v) is 10.6. The Kier molecular flexibility index (Phi) is 3.25. The molecule has 2 rings (SSSR count). The number of hydrogen-bond donors (Lipinski definition) is 1. The Morgan fingerprint density at radius 3 is 2.24 bits per heavy atom. The molecule has 17 heavy (non-hydrogen) atoms. The summed E-state index contributed by atoms with van der Waals surface area (Å²) in [7, 11) is 1.62. The summed E-state index contributed by atoms with van der Waals surface area (Å²) in [6.07, 6.45) is 0. The molecule has 0 aliphatic rings. The fraction of sp³-hybridized carbons (Fsp3) is 0.143. The molecule has 0 aliphatic carbocycles. The lowest BCUT2D eigenvalue weighted by molar-refractivity contribution is 0.412. The summed E-state index contributed by atoms with van der Waals surface area (Å²) < 4.78 is 5.23. The van der Waals surface area contributed by atoms with Crippen molar-refractivity contribution in [3.8, 4) is 16.9 Å². The second-order valence-corrected chi connectivity index (χ2v) is 4.34. The zero-order valence-electron chi connectivity index (χ0n) is 9.83. The second-order valence-electron chi connectivity index (χ2n) is 3.93. The van der Waals surface area contributed by atoms with Gasteiger partial charge < -0.3 is 10.5 Å². The molecule has 88 valence electrons. The normalized spacial score (nSPS) is 10.3. The molecular weight excluding hydrogens is 234 g/mol. The lowest BCUT2D eigenvalue weighted by atomic mass is 10.0. The van der Waals surface area contributed by atoms with Crippen LogP contribution in [0.2, 0.25) is 5.02 Å². The summed E-state index contributed by atoms with van der Waals surface area (Å²) in [5.74, 6) is 0.728. The second kappa shape index (κ2) is 4.68. The van der Waals surface area contributed by atoms with Gasteiger partial charge in [-0.3, -0.25) is 0 Å². The van der Waals surface area contributed by atoms with Crippen molar-refractivity contribution in [2.45, 2.75) is 6.92 Å². The molecule has 2 N–H and O–H groups in total. The van der Waals surface area contributed by atoms with Gasteiger partial charge in [0.1, 0.15) is 5.75 Å². The van der Waals surface area contributed by atoms with Crippen LogP contribution in [0.15, 0.2) is 36.4 Å². The topological polar surface area (TPSA) is 35.2 Å². The third-order valence-electron chi connectivity index (χ3n) is 2.68. The number of hydrogen-bond acceptors (Lipinski definition) is 2. The Hall–Kier alpha value is -1.67. The van der Waals surface area contributed by atoms with Crippen molar-refractivity contribution < 1.29 is 4.74 Å². The van der Waals surface area contributed by atoms with Crippen LogP contribution in [0.25, 0.3) is 11.1 Å². The van der Waals surface area contributed by atoms with Crippen LogP contribution in [0.4, 0.5) is 5.69 Å². The molecule has 0 radical (unpaired) electrons. The van der Waals surface area contributed by atoms with E-state index < -0.39 is 0 Å². The summed E-state index contributed by atoms with van der Waals surface area (Å²) in [5.41, 5.74) is 9.59. The first kappa shape index (κ1) is 11.8. The van der Waals surface area contributed by atoms with Crippen molar-refractivity contribution >= 4 is 17.3 Å². The number of ether oxygens (including phenoxy) is 1. The van der Waals surface area contributed by atoms with Gasteiger partial charge in [-0.15, -0.1) is 0 Å². The van der Waals surface area contributed by atoms with E-state index in [1.54, 1.807) is 7.11 Å². The number of anilines is 1. The average Bonchev–Trinajstić information content (AvgIpc) is 2.29. The first-order chi connectivity index (χ1) is 8.11. The van der Waals surface area contributed by atoms with Crippen molar-refractivity contribution in [2.75, 3.05) is 12.8 Å². The molecule has 2 nitrogen and oxygen atoms in total. The first-order valence-electron chi connectivity index (χ1n) is 5.32. The van der Waals surface area contributed by atoms with E-state index in [2.05, 4.69) is 6.07 Å². The van der Waals surface area contributed by atoms with Crippen LogP contribution >= 0.6 is 11.6 Å². The van der Waals surface area contributed by atoms with Crippen LogP contribution in [-0.2, 0) is 0 Å². The Labute approximate surface area is 106 Å². The SMILES string of the molecule is COc1c(C)cc(-c2ccc(N)cc2)cc1Cl. The molecule has 0 amide bonds. The summed E-state index contributed by atoms with van der Waals surface area (Å²) in [6, 6.07) is 11.7. The zero-order chi connectivity index (χ0) is 12.4. The van der Waals surface area contributed by atoms with Crippen molar-refractivity contribution in [3.05, 3.63) is 47.0 Å². The smallest absolute Gasteiger partial charge is 0.140 e. The average molecular weight is 248 g/mol. The van der Waals surface area contributed by atoms with Gasteiger partial charge in [0, 0.05) is 5.69 Å². The Morgan fingerprint density at radius 2 is 1.71 bits per heavy atom. The van der Waals surface area contributed by atoms with Crippen molar-refractivity contribution in [2.24, 2.45) is 0 Å². The van der Waals surface area contributed by atoms with Crippen molar-refractivity contribution in [1.29, 1.82) is 0 Å². The molecule has 0 aromatic heterocycles. The lowest BCUT2D eigenvalue weighted by Gasteiger charge is -2.10. The highest BCUT2D eigenvalue weighted by Gasteiger charge is 2.07. The lowest BCUT2D eigenvalue weighted by Crippen LogP contribution is -1.90. The summed E-state index contributed by atoms with van der Waals surface area (Å²) in [4.78, 5) is 0. The van der Waals surface area contributed by atoms with Gasteiger partial charge in [0.05, 0.1) is 12.1 Å². The molecule has 0 atom stereocenters. The molecule has 0 fully saturated rings. The van der Waals surface area contributed by atoms with E-state index in [9.17, 15) is 0 Å². The fourth-order valence-electron chi connectivity index (χ4n) is 1.83. The van der Waals surface area contributed by atoms with Crippen LogP contribution < -0.4 is 10.5 Å². The quantitative estimate of drug-likeness (QED) is 0.817. The van der Waals surface area contributed by atoms with E-state index in [0.29, 0.717) is 5.02 Å². The van der Waals surface area contributed by atoms with E-state index in [-0.39, 0.29) is 0 Å². The standard InChI is InChI=1S/C14H14ClNO/c1-9-7-11(8-13(15)14(9)17-2)10-3-5-12(16)6-4-10/h3-8H,16H2,1-2H3. The number of methoxy groups -OCH3 is 1. The van der Waals surface area contributed by atoms with Crippen LogP contribution in [0, 0.1) is 6.92 Å². The van der Waals surface area contributed by atoms with Crippen molar-refractivity contribution in [1.82, 2.24) is 0 Å². The largest absolute Gasteiger partial charge is 0.495 e. The molecule has 0 spiro atoms. The maximum atomic E-state index is 6.17. The Balaban J connectivity index is 2.50. The molecule has 0 saturated carbocycles. The highest BCUT2D eigenvalue weighted by atomic mass is 35.5. The molecule has 0 saturated heterocycles. The molecular formula is C14H14ClNO. The maximum absolute atomic E-state index is 6.17. The summed E-state index contributed by atoms with van der Waals surface area (Å²) in [6.45, 7) is 1.98. The van der Waals surface area contributed by atoms with Gasteiger partial charge in [-0.1, -0.05) is 23.7 Å². The van der Waals surface area contributed by atoms with E-state index >= 15 is 0 Å². The van der Waals surface area contributed by atoms with Gasteiger partial charge in [-0.25, -0.2) is 0 Å². The van der Waals surface area contributed by atoms with Crippen LogP contribution in [0.5, 0.6) is 5.75 Å².